The SMILES string of the molecule is CCOC(=N)c1nc2ccc(Cl)cc2c(=O)[nH]1. The number of fused-ring (bicyclic) bond motifs is 1. The van der Waals surface area contributed by atoms with Crippen molar-refractivity contribution in [2.24, 2.45) is 0 Å². The van der Waals surface area contributed by atoms with Crippen molar-refractivity contribution in [3.05, 3.63) is 39.4 Å². The minimum Gasteiger partial charge on any atom is -0.476 e. The highest BCUT2D eigenvalue weighted by atomic mass is 35.5. The second-order valence-corrected chi connectivity index (χ2v) is 3.77. The molecule has 2 aromatic rings. The number of halogens is 1. The van der Waals surface area contributed by atoms with E-state index in [0.29, 0.717) is 22.5 Å². The molecule has 5 nitrogen and oxygen atoms in total. The van der Waals surface area contributed by atoms with Gasteiger partial charge in [-0.2, -0.15) is 0 Å². The Balaban J connectivity index is 2.60. The van der Waals surface area contributed by atoms with Gasteiger partial charge in [-0.05, 0) is 25.1 Å². The molecule has 0 spiro atoms. The van der Waals surface area contributed by atoms with Gasteiger partial charge in [0.1, 0.15) is 0 Å². The van der Waals surface area contributed by atoms with Crippen molar-refractivity contribution in [1.82, 2.24) is 9.97 Å². The second-order valence-electron chi connectivity index (χ2n) is 3.34. The van der Waals surface area contributed by atoms with E-state index in [1.807, 2.05) is 0 Å². The van der Waals surface area contributed by atoms with Crippen LogP contribution in [0.2, 0.25) is 5.02 Å². The molecule has 0 aliphatic heterocycles. The van der Waals surface area contributed by atoms with Gasteiger partial charge in [0.05, 0.1) is 17.5 Å². The molecule has 0 aliphatic carbocycles. The van der Waals surface area contributed by atoms with Crippen LogP contribution < -0.4 is 5.56 Å². The number of ether oxygens (including phenoxy) is 1. The molecule has 1 aromatic heterocycles. The molecule has 6 heteroatoms. The number of hydrogen-bond donors (Lipinski definition) is 2. The van der Waals surface area contributed by atoms with Crippen LogP contribution in [0, 0.1) is 5.41 Å². The maximum absolute atomic E-state index is 11.8. The molecular weight excluding hydrogens is 242 g/mol. The van der Waals surface area contributed by atoms with Crippen molar-refractivity contribution < 1.29 is 4.74 Å². The van der Waals surface area contributed by atoms with Crippen LogP contribution >= 0.6 is 11.6 Å². The van der Waals surface area contributed by atoms with Gasteiger partial charge in [0.25, 0.3) is 5.56 Å². The molecule has 0 saturated heterocycles. The van der Waals surface area contributed by atoms with Crippen molar-refractivity contribution in [2.45, 2.75) is 6.92 Å². The van der Waals surface area contributed by atoms with Crippen molar-refractivity contribution in [3.8, 4) is 0 Å². The molecule has 2 rings (SSSR count). The topological polar surface area (TPSA) is 78.8 Å². The normalized spacial score (nSPS) is 10.5. The number of nitrogens with zero attached hydrogens (tertiary/aromatic N) is 1. The van der Waals surface area contributed by atoms with Gasteiger partial charge < -0.3 is 9.72 Å². The van der Waals surface area contributed by atoms with Gasteiger partial charge in [0.2, 0.25) is 5.90 Å². The molecule has 88 valence electrons. The van der Waals surface area contributed by atoms with Gasteiger partial charge in [0.15, 0.2) is 5.82 Å². The molecule has 2 N–H and O–H groups in total. The fraction of sp³-hybridized carbons (Fsp3) is 0.182. The smallest absolute Gasteiger partial charge is 0.259 e. The van der Waals surface area contributed by atoms with Crippen molar-refractivity contribution in [3.63, 3.8) is 0 Å². The molecular formula is C11H10ClN3O2. The Morgan fingerprint density at radius 3 is 3.06 bits per heavy atom. The number of hydrogen-bond acceptors (Lipinski definition) is 4. The van der Waals surface area contributed by atoms with E-state index in [0.717, 1.165) is 0 Å². The zero-order valence-electron chi connectivity index (χ0n) is 9.08. The van der Waals surface area contributed by atoms with E-state index in [1.165, 1.54) is 6.07 Å². The summed E-state index contributed by atoms with van der Waals surface area (Å²) in [5.74, 6) is -0.0341. The Bertz CT molecular complexity index is 636. The van der Waals surface area contributed by atoms with E-state index in [1.54, 1.807) is 19.1 Å². The molecule has 0 bridgehead atoms. The number of aromatic amines is 1. The number of nitrogens with one attached hydrogen (secondary N) is 2. The molecule has 0 unspecified atom stereocenters. The lowest BCUT2D eigenvalue weighted by Gasteiger charge is -2.05. The summed E-state index contributed by atoms with van der Waals surface area (Å²) in [6, 6.07) is 4.82. The maximum atomic E-state index is 11.8. The molecule has 0 atom stereocenters. The summed E-state index contributed by atoms with van der Waals surface area (Å²) in [6.07, 6.45) is 0. The summed E-state index contributed by atoms with van der Waals surface area (Å²) < 4.78 is 4.98. The van der Waals surface area contributed by atoms with Crippen molar-refractivity contribution >= 4 is 28.4 Å². The molecule has 0 amide bonds. The van der Waals surface area contributed by atoms with E-state index in [4.69, 9.17) is 21.7 Å². The van der Waals surface area contributed by atoms with E-state index in [9.17, 15) is 4.79 Å². The monoisotopic (exact) mass is 251 g/mol. The average molecular weight is 252 g/mol. The highest BCUT2D eigenvalue weighted by molar-refractivity contribution is 6.31. The number of rotatable bonds is 2. The summed E-state index contributed by atoms with van der Waals surface area (Å²) in [4.78, 5) is 18.4. The van der Waals surface area contributed by atoms with E-state index in [-0.39, 0.29) is 17.3 Å². The van der Waals surface area contributed by atoms with Crippen LogP contribution in [0.5, 0.6) is 0 Å². The standard InChI is InChI=1S/C11H10ClN3O2/c1-2-17-9(13)10-14-8-4-3-6(12)5-7(8)11(16)15-10/h3-5,13H,2H2,1H3,(H,14,15,16). The first-order valence-electron chi connectivity index (χ1n) is 5.03. The molecule has 0 saturated carbocycles. The third-order valence-electron chi connectivity index (χ3n) is 2.17. The molecule has 0 aliphatic rings. The Kier molecular flexibility index (Phi) is 3.10. The number of H-pyrrole nitrogens is 1. The average Bonchev–Trinajstić information content (AvgIpc) is 2.30. The first-order chi connectivity index (χ1) is 8.11. The Labute approximate surface area is 102 Å². The highest BCUT2D eigenvalue weighted by Gasteiger charge is 2.09. The summed E-state index contributed by atoms with van der Waals surface area (Å²) in [5.41, 5.74) is 0.148. The Morgan fingerprint density at radius 1 is 1.59 bits per heavy atom. The van der Waals surface area contributed by atoms with Gasteiger partial charge >= 0.3 is 0 Å². The molecule has 1 aromatic carbocycles. The zero-order chi connectivity index (χ0) is 12.4. The highest BCUT2D eigenvalue weighted by Crippen LogP contribution is 2.14. The predicted octanol–water partition coefficient (Wildman–Crippen LogP) is 1.94. The maximum Gasteiger partial charge on any atom is 0.259 e. The van der Waals surface area contributed by atoms with E-state index in [2.05, 4.69) is 9.97 Å². The zero-order valence-corrected chi connectivity index (χ0v) is 9.84. The van der Waals surface area contributed by atoms with Crippen LogP contribution in [0.25, 0.3) is 10.9 Å². The first kappa shape index (κ1) is 11.6. The van der Waals surface area contributed by atoms with Crippen LogP contribution in [0.3, 0.4) is 0 Å². The van der Waals surface area contributed by atoms with Crippen LogP contribution in [0.15, 0.2) is 23.0 Å². The van der Waals surface area contributed by atoms with Crippen LogP contribution in [-0.4, -0.2) is 22.5 Å². The third kappa shape index (κ3) is 2.29. The molecule has 17 heavy (non-hydrogen) atoms. The minimum atomic E-state index is -0.336. The van der Waals surface area contributed by atoms with Crippen molar-refractivity contribution in [1.29, 1.82) is 5.41 Å². The van der Waals surface area contributed by atoms with Crippen LogP contribution in [-0.2, 0) is 4.74 Å². The lowest BCUT2D eigenvalue weighted by Crippen LogP contribution is -2.17. The number of benzene rings is 1. The second kappa shape index (κ2) is 4.55. The lowest BCUT2D eigenvalue weighted by atomic mass is 10.2. The van der Waals surface area contributed by atoms with Gasteiger partial charge in [-0.1, -0.05) is 11.6 Å². The lowest BCUT2D eigenvalue weighted by molar-refractivity contribution is 0.323. The summed E-state index contributed by atoms with van der Waals surface area (Å²) in [5, 5.41) is 8.43. The summed E-state index contributed by atoms with van der Waals surface area (Å²) >= 11 is 5.80. The van der Waals surface area contributed by atoms with Crippen LogP contribution in [0.1, 0.15) is 12.7 Å². The minimum absolute atomic E-state index is 0.117. The Hall–Kier alpha value is -1.88. The fourth-order valence-corrected chi connectivity index (χ4v) is 1.60. The van der Waals surface area contributed by atoms with Gasteiger partial charge in [-0.15, -0.1) is 0 Å². The Morgan fingerprint density at radius 2 is 2.35 bits per heavy atom. The predicted molar refractivity (Wildman–Crippen MR) is 65.8 cm³/mol. The number of aromatic nitrogens is 2. The van der Waals surface area contributed by atoms with Gasteiger partial charge in [0, 0.05) is 5.02 Å². The molecule has 0 radical (unpaired) electrons. The molecule has 1 heterocycles. The van der Waals surface area contributed by atoms with E-state index < -0.39 is 0 Å². The summed E-state index contributed by atoms with van der Waals surface area (Å²) in [7, 11) is 0. The van der Waals surface area contributed by atoms with Gasteiger partial charge in [-0.25, -0.2) is 4.98 Å². The quantitative estimate of drug-likeness (QED) is 0.632. The summed E-state index contributed by atoms with van der Waals surface area (Å²) in [6.45, 7) is 2.11. The van der Waals surface area contributed by atoms with Crippen molar-refractivity contribution in [2.75, 3.05) is 6.61 Å². The van der Waals surface area contributed by atoms with E-state index >= 15 is 0 Å². The van der Waals surface area contributed by atoms with Gasteiger partial charge in [-0.3, -0.25) is 10.2 Å². The largest absolute Gasteiger partial charge is 0.476 e. The molecule has 0 fully saturated rings. The van der Waals surface area contributed by atoms with Crippen LogP contribution in [0.4, 0.5) is 0 Å². The fourth-order valence-electron chi connectivity index (χ4n) is 1.43. The third-order valence-corrected chi connectivity index (χ3v) is 2.41. The first-order valence-corrected chi connectivity index (χ1v) is 5.41.